The molecule has 0 aliphatic rings. The fourth-order valence-corrected chi connectivity index (χ4v) is 1.07. The van der Waals surface area contributed by atoms with Crippen LogP contribution in [0, 0.1) is 17.8 Å². The first-order valence-corrected chi connectivity index (χ1v) is 4.41. The fourth-order valence-electron chi connectivity index (χ4n) is 1.07. The first-order valence-electron chi connectivity index (χ1n) is 4.41. The summed E-state index contributed by atoms with van der Waals surface area (Å²) in [4.78, 5) is 11.3. The molecule has 0 fully saturated rings. The molecule has 0 heterocycles. The zero-order valence-corrected chi connectivity index (χ0v) is 8.31. The van der Waals surface area contributed by atoms with Crippen LogP contribution in [0.3, 0.4) is 0 Å². The monoisotopic (exact) mass is 166 g/mol. The summed E-state index contributed by atoms with van der Waals surface area (Å²) >= 11 is 0. The molecule has 0 saturated carbocycles. The molecular formula is C11H18O. The van der Waals surface area contributed by atoms with Crippen molar-refractivity contribution in [2.24, 2.45) is 5.41 Å². The van der Waals surface area contributed by atoms with Crippen molar-refractivity contribution >= 4 is 5.78 Å². The van der Waals surface area contributed by atoms with Crippen LogP contribution >= 0.6 is 0 Å². The van der Waals surface area contributed by atoms with Gasteiger partial charge in [-0.25, -0.2) is 0 Å². The number of unbranched alkanes of at least 4 members (excludes halogenated alkanes) is 1. The van der Waals surface area contributed by atoms with Gasteiger partial charge in [0, 0.05) is 19.3 Å². The first-order chi connectivity index (χ1) is 5.45. The summed E-state index contributed by atoms with van der Waals surface area (Å²) in [7, 11) is 0. The van der Waals surface area contributed by atoms with Gasteiger partial charge in [-0.1, -0.05) is 20.8 Å². The largest absolute Gasteiger partial charge is 0.300 e. The topological polar surface area (TPSA) is 17.1 Å². The van der Waals surface area contributed by atoms with Gasteiger partial charge in [-0.15, -0.1) is 12.3 Å². The van der Waals surface area contributed by atoms with Crippen molar-refractivity contribution in [3.05, 3.63) is 0 Å². The Hall–Kier alpha value is -0.770. The third-order valence-electron chi connectivity index (χ3n) is 1.50. The Balaban J connectivity index is 3.56. The van der Waals surface area contributed by atoms with Gasteiger partial charge in [-0.3, -0.25) is 4.79 Å². The highest BCUT2D eigenvalue weighted by Crippen LogP contribution is 2.20. The van der Waals surface area contributed by atoms with Crippen LogP contribution in [0.15, 0.2) is 0 Å². The second-order valence-corrected chi connectivity index (χ2v) is 4.33. The van der Waals surface area contributed by atoms with Crippen molar-refractivity contribution < 1.29 is 4.79 Å². The summed E-state index contributed by atoms with van der Waals surface area (Å²) in [6.07, 6.45) is 7.94. The van der Waals surface area contributed by atoms with Crippen LogP contribution in [-0.2, 0) is 4.79 Å². The minimum atomic E-state index is 0.118. The molecule has 0 atom stereocenters. The fraction of sp³-hybridized carbons (Fsp3) is 0.727. The molecule has 0 aliphatic heterocycles. The van der Waals surface area contributed by atoms with E-state index in [-0.39, 0.29) is 5.41 Å². The van der Waals surface area contributed by atoms with E-state index < -0.39 is 0 Å². The lowest BCUT2D eigenvalue weighted by molar-refractivity contribution is -0.120. The van der Waals surface area contributed by atoms with E-state index in [1.54, 1.807) is 0 Å². The molecule has 1 nitrogen and oxygen atoms in total. The lowest BCUT2D eigenvalue weighted by Gasteiger charge is -2.16. The van der Waals surface area contributed by atoms with Gasteiger partial charge in [0.2, 0.25) is 0 Å². The molecule has 0 aliphatic carbocycles. The quantitative estimate of drug-likeness (QED) is 0.463. The van der Waals surface area contributed by atoms with E-state index >= 15 is 0 Å². The molecule has 0 amide bonds. The van der Waals surface area contributed by atoms with Crippen LogP contribution in [0.25, 0.3) is 0 Å². The molecule has 0 spiro atoms. The summed E-state index contributed by atoms with van der Waals surface area (Å²) in [6.45, 7) is 6.23. The lowest BCUT2D eigenvalue weighted by atomic mass is 9.88. The zero-order chi connectivity index (χ0) is 9.61. The molecule has 0 aromatic rings. The van der Waals surface area contributed by atoms with Crippen LogP contribution in [0.4, 0.5) is 0 Å². The Morgan fingerprint density at radius 3 is 2.42 bits per heavy atom. The maximum absolute atomic E-state index is 11.3. The van der Waals surface area contributed by atoms with E-state index in [9.17, 15) is 4.79 Å². The molecule has 0 unspecified atom stereocenters. The number of carbonyl (C=O) groups excluding carboxylic acids is 1. The molecule has 0 rings (SSSR count). The lowest BCUT2D eigenvalue weighted by Crippen LogP contribution is -2.12. The van der Waals surface area contributed by atoms with E-state index in [0.717, 1.165) is 12.8 Å². The van der Waals surface area contributed by atoms with Gasteiger partial charge in [-0.05, 0) is 11.8 Å². The maximum Gasteiger partial charge on any atom is 0.133 e. The van der Waals surface area contributed by atoms with Crippen molar-refractivity contribution in [3.63, 3.8) is 0 Å². The molecular weight excluding hydrogens is 148 g/mol. The number of rotatable bonds is 4. The predicted molar refractivity (Wildman–Crippen MR) is 51.8 cm³/mol. The minimum absolute atomic E-state index is 0.118. The average molecular weight is 166 g/mol. The average Bonchev–Trinajstić information content (AvgIpc) is 1.84. The second-order valence-electron chi connectivity index (χ2n) is 4.33. The molecule has 0 aromatic carbocycles. The van der Waals surface area contributed by atoms with E-state index in [0.29, 0.717) is 18.6 Å². The highest BCUT2D eigenvalue weighted by Gasteiger charge is 2.14. The van der Waals surface area contributed by atoms with Crippen LogP contribution in [0.1, 0.15) is 46.5 Å². The van der Waals surface area contributed by atoms with Gasteiger partial charge in [-0.2, -0.15) is 0 Å². The Kier molecular flexibility index (Phi) is 4.66. The Morgan fingerprint density at radius 2 is 2.00 bits per heavy atom. The number of carbonyl (C=O) groups is 1. The highest BCUT2D eigenvalue weighted by molar-refractivity contribution is 5.78. The zero-order valence-electron chi connectivity index (χ0n) is 8.31. The van der Waals surface area contributed by atoms with Crippen molar-refractivity contribution in [2.75, 3.05) is 0 Å². The molecule has 0 N–H and O–H groups in total. The predicted octanol–water partition coefficient (Wildman–Crippen LogP) is 2.80. The second kappa shape index (κ2) is 4.98. The SMILES string of the molecule is C#CCCCC(=O)CC(C)(C)C. The number of terminal acetylenes is 1. The van der Waals surface area contributed by atoms with Gasteiger partial charge in [0.15, 0.2) is 0 Å². The third-order valence-corrected chi connectivity index (χ3v) is 1.50. The molecule has 12 heavy (non-hydrogen) atoms. The summed E-state index contributed by atoms with van der Waals surface area (Å²) in [5.41, 5.74) is 0.118. The van der Waals surface area contributed by atoms with Gasteiger partial charge in [0.1, 0.15) is 5.78 Å². The number of Topliss-reactive ketones (excluding diaryl/α,β-unsaturated/α-hetero) is 1. The molecule has 1 heteroatoms. The Labute approximate surface area is 75.5 Å². The molecule has 0 saturated heterocycles. The summed E-state index contributed by atoms with van der Waals surface area (Å²) < 4.78 is 0. The molecule has 0 bridgehead atoms. The molecule has 0 aromatic heterocycles. The van der Waals surface area contributed by atoms with Crippen LogP contribution in [0.2, 0.25) is 0 Å². The summed E-state index contributed by atoms with van der Waals surface area (Å²) in [5.74, 6) is 2.86. The highest BCUT2D eigenvalue weighted by atomic mass is 16.1. The van der Waals surface area contributed by atoms with E-state index in [2.05, 4.69) is 26.7 Å². The number of ketones is 1. The third kappa shape index (κ3) is 7.34. The van der Waals surface area contributed by atoms with Gasteiger partial charge >= 0.3 is 0 Å². The Morgan fingerprint density at radius 1 is 1.42 bits per heavy atom. The normalized spacial score (nSPS) is 10.8. The van der Waals surface area contributed by atoms with Crippen molar-refractivity contribution in [1.29, 1.82) is 0 Å². The van der Waals surface area contributed by atoms with Gasteiger partial charge in [0.05, 0.1) is 0 Å². The van der Waals surface area contributed by atoms with Crippen molar-refractivity contribution in [1.82, 2.24) is 0 Å². The van der Waals surface area contributed by atoms with Gasteiger partial charge in [0.25, 0.3) is 0 Å². The number of hydrogen-bond donors (Lipinski definition) is 0. The van der Waals surface area contributed by atoms with Crippen LogP contribution in [0.5, 0.6) is 0 Å². The first kappa shape index (κ1) is 11.2. The van der Waals surface area contributed by atoms with Crippen LogP contribution in [-0.4, -0.2) is 5.78 Å². The van der Waals surface area contributed by atoms with E-state index in [1.807, 2.05) is 0 Å². The minimum Gasteiger partial charge on any atom is -0.300 e. The Bertz CT molecular complexity index is 178. The maximum atomic E-state index is 11.3. The smallest absolute Gasteiger partial charge is 0.133 e. The summed E-state index contributed by atoms with van der Waals surface area (Å²) in [5, 5.41) is 0. The van der Waals surface area contributed by atoms with Crippen molar-refractivity contribution in [2.45, 2.75) is 46.5 Å². The van der Waals surface area contributed by atoms with Crippen LogP contribution < -0.4 is 0 Å². The molecule has 0 radical (unpaired) electrons. The van der Waals surface area contributed by atoms with E-state index in [1.165, 1.54) is 0 Å². The number of hydrogen-bond acceptors (Lipinski definition) is 1. The molecule has 68 valence electrons. The van der Waals surface area contributed by atoms with E-state index in [4.69, 9.17) is 6.42 Å². The van der Waals surface area contributed by atoms with Crippen molar-refractivity contribution in [3.8, 4) is 12.3 Å². The standard InChI is InChI=1S/C11H18O/c1-5-6-7-8-10(12)9-11(2,3)4/h1H,6-9H2,2-4H3. The van der Waals surface area contributed by atoms with Gasteiger partial charge < -0.3 is 0 Å². The summed E-state index contributed by atoms with van der Waals surface area (Å²) in [6, 6.07) is 0.